The van der Waals surface area contributed by atoms with E-state index in [1.54, 1.807) is 18.3 Å². The van der Waals surface area contributed by atoms with Crippen LogP contribution in [-0.2, 0) is 5.54 Å². The van der Waals surface area contributed by atoms with Crippen LogP contribution in [0.4, 0.5) is 0 Å². The van der Waals surface area contributed by atoms with Gasteiger partial charge in [0.25, 0.3) is 5.89 Å². The van der Waals surface area contributed by atoms with Crippen molar-refractivity contribution in [1.82, 2.24) is 24.9 Å². The fourth-order valence-corrected chi connectivity index (χ4v) is 2.77. The summed E-state index contributed by atoms with van der Waals surface area (Å²) in [6.07, 6.45) is 5.48. The molecule has 3 aromatic rings. The lowest BCUT2D eigenvalue weighted by Gasteiger charge is -2.10. The topological polar surface area (TPSA) is 78.9 Å². The van der Waals surface area contributed by atoms with Crippen molar-refractivity contribution < 1.29 is 9.26 Å². The van der Waals surface area contributed by atoms with E-state index in [9.17, 15) is 0 Å². The number of aromatic nitrogens is 5. The molecule has 0 radical (unpaired) electrons. The zero-order valence-electron chi connectivity index (χ0n) is 13.3. The van der Waals surface area contributed by atoms with Crippen molar-refractivity contribution in [2.24, 2.45) is 0 Å². The Kier molecular flexibility index (Phi) is 3.53. The molecule has 3 heterocycles. The molecule has 1 aliphatic carbocycles. The lowest BCUT2D eigenvalue weighted by atomic mass is 10.2. The highest BCUT2D eigenvalue weighted by molar-refractivity contribution is 6.32. The highest BCUT2D eigenvalue weighted by Gasteiger charge is 2.52. The second kappa shape index (κ2) is 5.59. The van der Waals surface area contributed by atoms with Gasteiger partial charge in [0.05, 0.1) is 11.1 Å². The molecule has 0 unspecified atom stereocenters. The van der Waals surface area contributed by atoms with Crippen molar-refractivity contribution in [3.05, 3.63) is 41.5 Å². The predicted molar refractivity (Wildman–Crippen MR) is 86.8 cm³/mol. The van der Waals surface area contributed by atoms with E-state index in [0.717, 1.165) is 12.8 Å². The molecule has 0 spiro atoms. The fourth-order valence-electron chi connectivity index (χ4n) is 2.58. The summed E-state index contributed by atoms with van der Waals surface area (Å²) in [5.74, 6) is 1.35. The van der Waals surface area contributed by atoms with Gasteiger partial charge in [-0.3, -0.25) is 4.68 Å². The highest BCUT2D eigenvalue weighted by Crippen LogP contribution is 2.48. The van der Waals surface area contributed by atoms with Gasteiger partial charge < -0.3 is 9.26 Å². The third kappa shape index (κ3) is 2.54. The first-order chi connectivity index (χ1) is 11.6. The van der Waals surface area contributed by atoms with Crippen molar-refractivity contribution in [1.29, 1.82) is 0 Å². The summed E-state index contributed by atoms with van der Waals surface area (Å²) in [5.41, 5.74) is 0.105. The maximum Gasteiger partial charge on any atom is 0.254 e. The molecular formula is C16H16ClN5O2. The predicted octanol–water partition coefficient (Wildman–Crippen LogP) is 3.31. The van der Waals surface area contributed by atoms with Crippen molar-refractivity contribution in [2.75, 3.05) is 0 Å². The fraction of sp³-hybridized carbons (Fsp3) is 0.375. The van der Waals surface area contributed by atoms with Crippen LogP contribution in [0.1, 0.15) is 32.6 Å². The van der Waals surface area contributed by atoms with Gasteiger partial charge in [-0.05, 0) is 38.8 Å². The molecule has 0 amide bonds. The molecule has 0 atom stereocenters. The molecular weight excluding hydrogens is 330 g/mol. The summed E-state index contributed by atoms with van der Waals surface area (Å²) in [6.45, 7) is 3.87. The van der Waals surface area contributed by atoms with Crippen molar-refractivity contribution in [3.63, 3.8) is 0 Å². The molecule has 1 saturated carbocycles. The minimum absolute atomic E-state index is 0.0157. The van der Waals surface area contributed by atoms with E-state index in [2.05, 4.69) is 20.2 Å². The molecule has 24 heavy (non-hydrogen) atoms. The molecule has 0 saturated heterocycles. The van der Waals surface area contributed by atoms with Gasteiger partial charge in [0.1, 0.15) is 11.2 Å². The van der Waals surface area contributed by atoms with Crippen LogP contribution in [0.5, 0.6) is 5.88 Å². The highest BCUT2D eigenvalue weighted by atomic mass is 35.5. The summed E-state index contributed by atoms with van der Waals surface area (Å²) >= 11 is 6.25. The minimum atomic E-state index is -0.340. The van der Waals surface area contributed by atoms with Gasteiger partial charge in [0.2, 0.25) is 11.7 Å². The number of halogens is 1. The average Bonchev–Trinajstić information content (AvgIpc) is 3.01. The maximum absolute atomic E-state index is 6.25. The van der Waals surface area contributed by atoms with Gasteiger partial charge in [0, 0.05) is 18.5 Å². The normalized spacial score (nSPS) is 15.7. The standard InChI is InChI=1S/C16H16ClN5O2/c1-10(2)23-12-5-4-11(17)13(19-12)14-20-15(24-21-14)16(6-7-16)22-9-3-8-18-22/h3-5,8-10H,6-7H2,1-2H3. The molecule has 0 bridgehead atoms. The summed E-state index contributed by atoms with van der Waals surface area (Å²) in [7, 11) is 0. The monoisotopic (exact) mass is 345 g/mol. The molecule has 7 nitrogen and oxygen atoms in total. The van der Waals surface area contributed by atoms with Crippen LogP contribution in [0, 0.1) is 0 Å². The van der Waals surface area contributed by atoms with Crippen LogP contribution < -0.4 is 4.74 Å². The van der Waals surface area contributed by atoms with Gasteiger partial charge in [-0.1, -0.05) is 16.8 Å². The maximum atomic E-state index is 6.25. The molecule has 0 aromatic carbocycles. The molecule has 0 aliphatic heterocycles. The SMILES string of the molecule is CC(C)Oc1ccc(Cl)c(-c2noc(C3(n4cccn4)CC3)n2)n1. The van der Waals surface area contributed by atoms with Gasteiger partial charge in [-0.15, -0.1) is 0 Å². The third-order valence-electron chi connectivity index (χ3n) is 3.88. The summed E-state index contributed by atoms with van der Waals surface area (Å²) < 4.78 is 13.0. The molecule has 1 aliphatic rings. The van der Waals surface area contributed by atoms with Crippen molar-refractivity contribution in [3.8, 4) is 17.4 Å². The smallest absolute Gasteiger partial charge is 0.254 e. The molecule has 8 heteroatoms. The van der Waals surface area contributed by atoms with E-state index in [1.807, 2.05) is 30.8 Å². The van der Waals surface area contributed by atoms with Crippen LogP contribution >= 0.6 is 11.6 Å². The number of hydrogen-bond donors (Lipinski definition) is 0. The van der Waals surface area contributed by atoms with E-state index in [4.69, 9.17) is 20.9 Å². The van der Waals surface area contributed by atoms with Gasteiger partial charge in [-0.2, -0.15) is 10.1 Å². The Morgan fingerprint density at radius 2 is 2.12 bits per heavy atom. The van der Waals surface area contributed by atoms with Crippen molar-refractivity contribution in [2.45, 2.75) is 38.3 Å². The van der Waals surface area contributed by atoms with Crippen LogP contribution in [0.15, 0.2) is 35.1 Å². The number of hydrogen-bond acceptors (Lipinski definition) is 6. The van der Waals surface area contributed by atoms with Crippen molar-refractivity contribution >= 4 is 11.6 Å². The van der Waals surface area contributed by atoms with Crippen LogP contribution in [0.2, 0.25) is 5.02 Å². The first kappa shape index (κ1) is 15.1. The van der Waals surface area contributed by atoms with E-state index in [0.29, 0.717) is 28.3 Å². The van der Waals surface area contributed by atoms with Crippen LogP contribution in [0.25, 0.3) is 11.5 Å². The Balaban J connectivity index is 1.68. The summed E-state index contributed by atoms with van der Waals surface area (Å²) in [6, 6.07) is 5.32. The zero-order chi connectivity index (χ0) is 16.7. The van der Waals surface area contributed by atoms with E-state index < -0.39 is 0 Å². The Bertz CT molecular complexity index is 855. The van der Waals surface area contributed by atoms with Gasteiger partial charge in [-0.25, -0.2) is 4.98 Å². The first-order valence-corrected chi connectivity index (χ1v) is 8.14. The number of ether oxygens (including phenoxy) is 1. The molecule has 1 fully saturated rings. The van der Waals surface area contributed by atoms with E-state index >= 15 is 0 Å². The second-order valence-electron chi connectivity index (χ2n) is 6.05. The van der Waals surface area contributed by atoms with Gasteiger partial charge >= 0.3 is 0 Å². The quantitative estimate of drug-likeness (QED) is 0.706. The van der Waals surface area contributed by atoms with Crippen LogP contribution in [0.3, 0.4) is 0 Å². The van der Waals surface area contributed by atoms with Crippen LogP contribution in [-0.4, -0.2) is 31.0 Å². The second-order valence-corrected chi connectivity index (χ2v) is 6.46. The Labute approximate surface area is 143 Å². The molecule has 0 N–H and O–H groups in total. The Morgan fingerprint density at radius 3 is 2.79 bits per heavy atom. The number of nitrogens with zero attached hydrogens (tertiary/aromatic N) is 5. The Hall–Kier alpha value is -2.41. The van der Waals surface area contributed by atoms with E-state index in [1.165, 1.54) is 0 Å². The lowest BCUT2D eigenvalue weighted by Crippen LogP contribution is -2.19. The van der Waals surface area contributed by atoms with Gasteiger partial charge in [0.15, 0.2) is 0 Å². The number of pyridine rings is 1. The average molecular weight is 346 g/mol. The first-order valence-electron chi connectivity index (χ1n) is 7.76. The lowest BCUT2D eigenvalue weighted by molar-refractivity contribution is 0.233. The molecule has 4 rings (SSSR count). The molecule has 3 aromatic heterocycles. The molecule has 124 valence electrons. The Morgan fingerprint density at radius 1 is 1.29 bits per heavy atom. The van der Waals surface area contributed by atoms with E-state index in [-0.39, 0.29) is 11.6 Å². The summed E-state index contributed by atoms with van der Waals surface area (Å²) in [5, 5.41) is 8.80. The number of rotatable bonds is 5. The third-order valence-corrected chi connectivity index (χ3v) is 4.18. The largest absolute Gasteiger partial charge is 0.475 e. The minimum Gasteiger partial charge on any atom is -0.475 e. The zero-order valence-corrected chi connectivity index (χ0v) is 14.1. The summed E-state index contributed by atoms with van der Waals surface area (Å²) in [4.78, 5) is 8.91.